The van der Waals surface area contributed by atoms with Crippen molar-refractivity contribution >= 4 is 44.3 Å². The summed E-state index contributed by atoms with van der Waals surface area (Å²) in [5, 5.41) is 3.92. The highest BCUT2D eigenvalue weighted by atomic mass is 14.7. The second kappa shape index (κ2) is 5.06. The Morgan fingerprint density at radius 3 is 1.75 bits per heavy atom. The van der Waals surface area contributed by atoms with Crippen molar-refractivity contribution in [1.29, 1.82) is 0 Å². The van der Waals surface area contributed by atoms with Gasteiger partial charge in [-0.15, -0.1) is 0 Å². The summed E-state index contributed by atoms with van der Waals surface area (Å²) in [7, 11) is 0. The molecule has 0 fully saturated rings. The highest BCUT2D eigenvalue weighted by Crippen LogP contribution is 2.44. The maximum Gasteiger partial charge on any atom is 0.0794 e. The van der Waals surface area contributed by atoms with Crippen molar-refractivity contribution in [1.82, 2.24) is 0 Å². The zero-order valence-electron chi connectivity index (χ0n) is 13.1. The highest BCUT2D eigenvalue weighted by Gasteiger charge is 2.17. The summed E-state index contributed by atoms with van der Waals surface area (Å²) >= 11 is 0. The van der Waals surface area contributed by atoms with Crippen LogP contribution in [0.15, 0.2) is 60.7 Å². The predicted octanol–water partition coefficient (Wildman–Crippen LogP) is 3.99. The molecule has 8 N–H and O–H groups in total. The van der Waals surface area contributed by atoms with Gasteiger partial charge in [0.25, 0.3) is 0 Å². The number of anilines is 4. The van der Waals surface area contributed by atoms with Gasteiger partial charge in [-0.3, -0.25) is 0 Å². The van der Waals surface area contributed by atoms with Crippen LogP contribution in [0.25, 0.3) is 32.7 Å². The second-order valence-corrected chi connectivity index (χ2v) is 5.91. The third-order valence-electron chi connectivity index (χ3n) is 4.56. The maximum atomic E-state index is 6.37. The van der Waals surface area contributed by atoms with Crippen molar-refractivity contribution in [3.8, 4) is 11.1 Å². The standard InChI is InChI=1S/C20H18N4/c21-16-10-9-14(11-5-1-2-6-12(11)16)17-13-7-3-4-8-15(13)18(22)20(24)19(17)23/h1-10H,21-24H2. The molecule has 0 aromatic heterocycles. The van der Waals surface area contributed by atoms with Crippen LogP contribution in [0.1, 0.15) is 0 Å². The van der Waals surface area contributed by atoms with E-state index in [1.54, 1.807) is 0 Å². The van der Waals surface area contributed by atoms with Crippen LogP contribution in [0.2, 0.25) is 0 Å². The van der Waals surface area contributed by atoms with E-state index in [-0.39, 0.29) is 0 Å². The van der Waals surface area contributed by atoms with E-state index in [0.717, 1.165) is 38.4 Å². The van der Waals surface area contributed by atoms with Gasteiger partial charge in [0.15, 0.2) is 0 Å². The van der Waals surface area contributed by atoms with E-state index in [2.05, 4.69) is 0 Å². The van der Waals surface area contributed by atoms with E-state index < -0.39 is 0 Å². The Labute approximate surface area is 139 Å². The molecule has 4 aromatic rings. The van der Waals surface area contributed by atoms with Crippen LogP contribution in [-0.4, -0.2) is 0 Å². The van der Waals surface area contributed by atoms with Gasteiger partial charge in [-0.05, 0) is 22.4 Å². The Bertz CT molecular complexity index is 1100. The Morgan fingerprint density at radius 1 is 0.458 bits per heavy atom. The molecule has 0 heterocycles. The first-order valence-electron chi connectivity index (χ1n) is 7.72. The van der Waals surface area contributed by atoms with Crippen molar-refractivity contribution in [2.24, 2.45) is 0 Å². The van der Waals surface area contributed by atoms with Gasteiger partial charge >= 0.3 is 0 Å². The lowest BCUT2D eigenvalue weighted by molar-refractivity contribution is 1.65. The molecule has 0 unspecified atom stereocenters. The fourth-order valence-electron chi connectivity index (χ4n) is 3.34. The highest BCUT2D eigenvalue weighted by molar-refractivity contribution is 6.17. The molecule has 118 valence electrons. The molecule has 0 saturated heterocycles. The Morgan fingerprint density at radius 2 is 1.04 bits per heavy atom. The number of hydrogen-bond donors (Lipinski definition) is 4. The number of rotatable bonds is 1. The minimum absolute atomic E-state index is 0.421. The van der Waals surface area contributed by atoms with Gasteiger partial charge in [-0.2, -0.15) is 0 Å². The molecule has 0 atom stereocenters. The van der Waals surface area contributed by atoms with Crippen LogP contribution in [0, 0.1) is 0 Å². The molecule has 4 nitrogen and oxygen atoms in total. The smallest absolute Gasteiger partial charge is 0.0794 e. The van der Waals surface area contributed by atoms with E-state index in [9.17, 15) is 0 Å². The zero-order valence-corrected chi connectivity index (χ0v) is 13.1. The van der Waals surface area contributed by atoms with Crippen LogP contribution in [0.5, 0.6) is 0 Å². The van der Waals surface area contributed by atoms with Gasteiger partial charge in [0.1, 0.15) is 0 Å². The van der Waals surface area contributed by atoms with Gasteiger partial charge in [0.05, 0.1) is 17.1 Å². The van der Waals surface area contributed by atoms with Crippen LogP contribution in [0.4, 0.5) is 22.7 Å². The molecule has 0 radical (unpaired) electrons. The fourth-order valence-corrected chi connectivity index (χ4v) is 3.34. The first-order valence-corrected chi connectivity index (χ1v) is 7.72. The quantitative estimate of drug-likeness (QED) is 0.399. The molecule has 0 aliphatic rings. The molecule has 0 spiro atoms. The summed E-state index contributed by atoms with van der Waals surface area (Å²) < 4.78 is 0. The molecule has 4 heteroatoms. The van der Waals surface area contributed by atoms with Crippen molar-refractivity contribution in [3.63, 3.8) is 0 Å². The van der Waals surface area contributed by atoms with Gasteiger partial charge in [-0.25, -0.2) is 0 Å². The molecule has 0 aliphatic heterocycles. The van der Waals surface area contributed by atoms with E-state index in [4.69, 9.17) is 22.9 Å². The van der Waals surface area contributed by atoms with E-state index in [1.165, 1.54) is 0 Å². The van der Waals surface area contributed by atoms with Crippen LogP contribution >= 0.6 is 0 Å². The van der Waals surface area contributed by atoms with Crippen molar-refractivity contribution in [2.75, 3.05) is 22.9 Å². The molecule has 4 rings (SSSR count). The lowest BCUT2D eigenvalue weighted by Crippen LogP contribution is -2.04. The summed E-state index contributed by atoms with van der Waals surface area (Å²) in [6.07, 6.45) is 0. The van der Waals surface area contributed by atoms with Crippen LogP contribution < -0.4 is 22.9 Å². The minimum Gasteiger partial charge on any atom is -0.398 e. The second-order valence-electron chi connectivity index (χ2n) is 5.91. The van der Waals surface area contributed by atoms with Crippen LogP contribution in [-0.2, 0) is 0 Å². The third kappa shape index (κ3) is 1.86. The molecule has 24 heavy (non-hydrogen) atoms. The normalized spacial score (nSPS) is 11.2. The maximum absolute atomic E-state index is 6.37. The number of nitrogen functional groups attached to an aromatic ring is 4. The number of benzene rings is 4. The number of hydrogen-bond acceptors (Lipinski definition) is 4. The zero-order chi connectivity index (χ0) is 16.8. The van der Waals surface area contributed by atoms with Gasteiger partial charge < -0.3 is 22.9 Å². The van der Waals surface area contributed by atoms with E-state index >= 15 is 0 Å². The van der Waals surface area contributed by atoms with Crippen LogP contribution in [0.3, 0.4) is 0 Å². The lowest BCUT2D eigenvalue weighted by Gasteiger charge is -2.18. The minimum atomic E-state index is 0.421. The Hall–Kier alpha value is -3.40. The summed E-state index contributed by atoms with van der Waals surface area (Å²) in [5.74, 6) is 0. The summed E-state index contributed by atoms with van der Waals surface area (Å²) in [4.78, 5) is 0. The predicted molar refractivity (Wildman–Crippen MR) is 105 cm³/mol. The molecule has 0 bridgehead atoms. The van der Waals surface area contributed by atoms with Crippen molar-refractivity contribution < 1.29 is 0 Å². The van der Waals surface area contributed by atoms with E-state index in [1.807, 2.05) is 60.7 Å². The molecular formula is C20H18N4. The largest absolute Gasteiger partial charge is 0.398 e. The SMILES string of the molecule is Nc1c(N)c(-c2ccc(N)c3ccccc23)c2ccccc2c1N. The van der Waals surface area contributed by atoms with Gasteiger partial charge in [0.2, 0.25) is 0 Å². The molecule has 0 aliphatic carbocycles. The molecule has 0 saturated carbocycles. The third-order valence-corrected chi connectivity index (χ3v) is 4.56. The fraction of sp³-hybridized carbons (Fsp3) is 0. The van der Waals surface area contributed by atoms with Gasteiger partial charge in [-0.1, -0.05) is 54.6 Å². The monoisotopic (exact) mass is 314 g/mol. The molecule has 0 amide bonds. The topological polar surface area (TPSA) is 104 Å². The lowest BCUT2D eigenvalue weighted by atomic mass is 9.90. The van der Waals surface area contributed by atoms with Crippen molar-refractivity contribution in [2.45, 2.75) is 0 Å². The Balaban J connectivity index is 2.22. The van der Waals surface area contributed by atoms with Gasteiger partial charge in [0, 0.05) is 22.0 Å². The summed E-state index contributed by atoms with van der Waals surface area (Å²) in [6.45, 7) is 0. The van der Waals surface area contributed by atoms with E-state index in [0.29, 0.717) is 17.1 Å². The first kappa shape index (κ1) is 14.2. The first-order chi connectivity index (χ1) is 11.6. The number of fused-ring (bicyclic) bond motifs is 2. The average molecular weight is 314 g/mol. The Kier molecular flexibility index (Phi) is 3.00. The molecular weight excluding hydrogens is 296 g/mol. The summed E-state index contributed by atoms with van der Waals surface area (Å²) in [5.41, 5.74) is 28.9. The summed E-state index contributed by atoms with van der Waals surface area (Å²) in [6, 6.07) is 19.8. The van der Waals surface area contributed by atoms with Crippen molar-refractivity contribution in [3.05, 3.63) is 60.7 Å². The average Bonchev–Trinajstić information content (AvgIpc) is 2.62. The molecule has 4 aromatic carbocycles. The number of nitrogens with two attached hydrogens (primary N) is 4.